The van der Waals surface area contributed by atoms with E-state index in [4.69, 9.17) is 0 Å². The minimum absolute atomic E-state index is 0.444. The summed E-state index contributed by atoms with van der Waals surface area (Å²) < 4.78 is 2.48. The highest BCUT2D eigenvalue weighted by Gasteiger charge is 2.37. The molecule has 1 aliphatic heterocycles. The van der Waals surface area contributed by atoms with Gasteiger partial charge in [0.1, 0.15) is 11.6 Å². The van der Waals surface area contributed by atoms with Crippen LogP contribution in [-0.4, -0.2) is 36.4 Å². The van der Waals surface area contributed by atoms with Crippen molar-refractivity contribution in [2.75, 3.05) is 6.54 Å². The fourth-order valence-corrected chi connectivity index (χ4v) is 3.96. The molecule has 122 valence electrons. The van der Waals surface area contributed by atoms with E-state index in [-0.39, 0.29) is 0 Å². The quantitative estimate of drug-likeness (QED) is 0.922. The van der Waals surface area contributed by atoms with Gasteiger partial charge in [-0.05, 0) is 51.1 Å². The lowest BCUT2D eigenvalue weighted by Crippen LogP contribution is -2.34. The average molecular weight is 312 g/mol. The highest BCUT2D eigenvalue weighted by atomic mass is 15.3. The van der Waals surface area contributed by atoms with E-state index in [1.54, 1.807) is 0 Å². The summed E-state index contributed by atoms with van der Waals surface area (Å²) in [6.07, 6.45) is 10.8. The van der Waals surface area contributed by atoms with Crippen LogP contribution in [0, 0.1) is 0 Å². The smallest absolute Gasteiger partial charge is 0.147 e. The number of rotatable bonds is 5. The van der Waals surface area contributed by atoms with Gasteiger partial charge in [0.15, 0.2) is 0 Å². The van der Waals surface area contributed by atoms with Crippen molar-refractivity contribution >= 4 is 0 Å². The van der Waals surface area contributed by atoms with Crippen LogP contribution >= 0.6 is 0 Å². The van der Waals surface area contributed by atoms with Gasteiger partial charge < -0.3 is 4.57 Å². The second-order valence-corrected chi connectivity index (χ2v) is 7.34. The summed E-state index contributed by atoms with van der Waals surface area (Å²) in [4.78, 5) is 2.57. The second kappa shape index (κ2) is 5.44. The topological polar surface area (TPSA) is 62.6 Å². The molecule has 6 nitrogen and oxygen atoms in total. The lowest BCUT2D eigenvalue weighted by Gasteiger charge is -2.34. The minimum Gasteiger partial charge on any atom is -0.311 e. The molecule has 5 rings (SSSR count). The summed E-state index contributed by atoms with van der Waals surface area (Å²) in [5.74, 6) is 3.13. The van der Waals surface area contributed by atoms with E-state index in [1.807, 2.05) is 6.20 Å². The first-order valence-corrected chi connectivity index (χ1v) is 9.07. The molecule has 6 heteroatoms. The van der Waals surface area contributed by atoms with Crippen molar-refractivity contribution in [3.8, 4) is 0 Å². The van der Waals surface area contributed by atoms with Gasteiger partial charge in [0.05, 0.1) is 18.3 Å². The van der Waals surface area contributed by atoms with E-state index in [1.165, 1.54) is 62.3 Å². The zero-order valence-electron chi connectivity index (χ0n) is 13.5. The maximum absolute atomic E-state index is 4.59. The van der Waals surface area contributed by atoms with Crippen LogP contribution < -0.4 is 0 Å². The van der Waals surface area contributed by atoms with Crippen molar-refractivity contribution in [3.63, 3.8) is 0 Å². The Morgan fingerprint density at radius 3 is 2.74 bits per heavy atom. The third-order valence-electron chi connectivity index (χ3n) is 5.49. The van der Waals surface area contributed by atoms with Crippen molar-refractivity contribution < 1.29 is 0 Å². The molecule has 3 aliphatic rings. The van der Waals surface area contributed by atoms with Gasteiger partial charge in [0, 0.05) is 18.2 Å². The molecule has 0 radical (unpaired) electrons. The zero-order chi connectivity index (χ0) is 15.2. The van der Waals surface area contributed by atoms with Crippen molar-refractivity contribution in [1.29, 1.82) is 0 Å². The molecule has 3 fully saturated rings. The van der Waals surface area contributed by atoms with E-state index in [9.17, 15) is 0 Å². The number of hydrogen-bond acceptors (Lipinski definition) is 4. The van der Waals surface area contributed by atoms with Crippen LogP contribution in [0.15, 0.2) is 12.3 Å². The number of aromatic amines is 1. The van der Waals surface area contributed by atoms with Crippen LogP contribution in [0.2, 0.25) is 0 Å². The van der Waals surface area contributed by atoms with Gasteiger partial charge in [-0.15, -0.1) is 10.2 Å². The summed E-state index contributed by atoms with van der Waals surface area (Å²) in [7, 11) is 0. The maximum atomic E-state index is 4.59. The first-order valence-electron chi connectivity index (χ1n) is 9.07. The third kappa shape index (κ3) is 2.59. The Hall–Kier alpha value is -1.69. The Bertz CT molecular complexity index is 667. The fraction of sp³-hybridized carbons (Fsp3) is 0.706. The SMILES string of the molecule is c1cc(C2CCCCN2Cc2nnc(C3CC3)n2C2CC2)[nH]n1. The summed E-state index contributed by atoms with van der Waals surface area (Å²) in [5, 5.41) is 16.5. The van der Waals surface area contributed by atoms with Gasteiger partial charge in [-0.1, -0.05) is 6.42 Å². The van der Waals surface area contributed by atoms with Gasteiger partial charge in [-0.3, -0.25) is 10.00 Å². The monoisotopic (exact) mass is 312 g/mol. The maximum Gasteiger partial charge on any atom is 0.147 e. The fourth-order valence-electron chi connectivity index (χ4n) is 3.96. The molecule has 3 heterocycles. The molecule has 0 bridgehead atoms. The van der Waals surface area contributed by atoms with Crippen LogP contribution in [0.1, 0.15) is 80.3 Å². The van der Waals surface area contributed by atoms with E-state index in [0.29, 0.717) is 18.0 Å². The summed E-state index contributed by atoms with van der Waals surface area (Å²) >= 11 is 0. The largest absolute Gasteiger partial charge is 0.311 e. The van der Waals surface area contributed by atoms with Gasteiger partial charge in [-0.2, -0.15) is 5.10 Å². The molecule has 2 aromatic rings. The van der Waals surface area contributed by atoms with Gasteiger partial charge >= 0.3 is 0 Å². The molecule has 0 spiro atoms. The molecular formula is C17H24N6. The lowest BCUT2D eigenvalue weighted by atomic mass is 9.99. The first kappa shape index (κ1) is 13.7. The number of hydrogen-bond donors (Lipinski definition) is 1. The Kier molecular flexibility index (Phi) is 3.25. The number of nitrogens with one attached hydrogen (secondary N) is 1. The molecule has 2 aromatic heterocycles. The lowest BCUT2D eigenvalue weighted by molar-refractivity contribution is 0.131. The summed E-state index contributed by atoms with van der Waals surface area (Å²) in [5.41, 5.74) is 1.24. The second-order valence-electron chi connectivity index (χ2n) is 7.34. The zero-order valence-corrected chi connectivity index (χ0v) is 13.5. The van der Waals surface area contributed by atoms with E-state index in [0.717, 1.165) is 13.1 Å². The number of nitrogens with zero attached hydrogens (tertiary/aromatic N) is 5. The van der Waals surface area contributed by atoms with Crippen LogP contribution in [0.5, 0.6) is 0 Å². The molecule has 23 heavy (non-hydrogen) atoms. The van der Waals surface area contributed by atoms with Gasteiger partial charge in [0.2, 0.25) is 0 Å². The Morgan fingerprint density at radius 1 is 1.09 bits per heavy atom. The Balaban J connectivity index is 1.41. The predicted molar refractivity (Wildman–Crippen MR) is 85.9 cm³/mol. The first-order chi connectivity index (χ1) is 11.4. The van der Waals surface area contributed by atoms with E-state index in [2.05, 4.69) is 35.9 Å². The summed E-state index contributed by atoms with van der Waals surface area (Å²) in [6, 6.07) is 3.23. The van der Waals surface area contributed by atoms with Gasteiger partial charge in [-0.25, -0.2) is 0 Å². The average Bonchev–Trinajstić information content (AvgIpc) is 3.50. The van der Waals surface area contributed by atoms with Crippen LogP contribution in [0.3, 0.4) is 0 Å². The number of H-pyrrole nitrogens is 1. The van der Waals surface area contributed by atoms with Crippen molar-refractivity contribution in [2.45, 2.75) is 69.5 Å². The van der Waals surface area contributed by atoms with Crippen LogP contribution in [-0.2, 0) is 6.54 Å². The highest BCUT2D eigenvalue weighted by Crippen LogP contribution is 2.45. The molecule has 0 aromatic carbocycles. The minimum atomic E-state index is 0.444. The van der Waals surface area contributed by atoms with Crippen molar-refractivity contribution in [1.82, 2.24) is 29.9 Å². The third-order valence-corrected chi connectivity index (χ3v) is 5.49. The van der Waals surface area contributed by atoms with Crippen molar-refractivity contribution in [2.24, 2.45) is 0 Å². The van der Waals surface area contributed by atoms with Crippen molar-refractivity contribution in [3.05, 3.63) is 29.6 Å². The number of aromatic nitrogens is 5. The van der Waals surface area contributed by atoms with Crippen LogP contribution in [0.4, 0.5) is 0 Å². The predicted octanol–water partition coefficient (Wildman–Crippen LogP) is 2.94. The highest BCUT2D eigenvalue weighted by molar-refractivity contribution is 5.13. The van der Waals surface area contributed by atoms with Gasteiger partial charge in [0.25, 0.3) is 0 Å². The molecule has 1 N–H and O–H groups in total. The summed E-state index contributed by atoms with van der Waals surface area (Å²) in [6.45, 7) is 2.06. The molecule has 0 amide bonds. The molecule has 1 unspecified atom stereocenters. The molecule has 2 saturated carbocycles. The Labute approximate surface area is 136 Å². The number of likely N-dealkylation sites (tertiary alicyclic amines) is 1. The molecule has 1 saturated heterocycles. The van der Waals surface area contributed by atoms with E-state index < -0.39 is 0 Å². The standard InChI is InChI=1S/C17H24N6/c1-2-10-22(15(3-1)14-8-9-18-19-14)11-16-20-21-17(12-4-5-12)23(16)13-6-7-13/h8-9,12-13,15H,1-7,10-11H2,(H,18,19). The van der Waals surface area contributed by atoms with E-state index >= 15 is 0 Å². The molecule has 2 aliphatic carbocycles. The number of piperidine rings is 1. The Morgan fingerprint density at radius 2 is 2.00 bits per heavy atom. The van der Waals surface area contributed by atoms with Crippen LogP contribution in [0.25, 0.3) is 0 Å². The molecular weight excluding hydrogens is 288 g/mol. The molecule has 1 atom stereocenters. The normalized spacial score (nSPS) is 25.8.